The second kappa shape index (κ2) is 10.0. The molecule has 0 unspecified atom stereocenters. The van der Waals surface area contributed by atoms with Crippen molar-refractivity contribution in [3.63, 3.8) is 0 Å². The first-order chi connectivity index (χ1) is 17.0. The lowest BCUT2D eigenvalue weighted by molar-refractivity contribution is 0.630. The van der Waals surface area contributed by atoms with E-state index in [1.54, 1.807) is 16.0 Å². The minimum atomic E-state index is -0.133. The standard InChI is InChI=1S/C27H24BrN5OS/c1-19-25(26(34)33(31(19)2)23-9-4-3-5-10-23)30-27-32(17-15-22-8-6-7-16-29-22)24(18-35-27)20-11-13-21(28)14-12-20/h3-14,16,18H,15,17H2,1-2H3. The van der Waals surface area contributed by atoms with Crippen LogP contribution in [0, 0.1) is 6.92 Å². The molecule has 0 bridgehead atoms. The first kappa shape index (κ1) is 23.3. The molecule has 0 spiro atoms. The maximum absolute atomic E-state index is 13.4. The third-order valence-electron chi connectivity index (χ3n) is 5.99. The van der Waals surface area contributed by atoms with E-state index < -0.39 is 0 Å². The Balaban J connectivity index is 1.64. The Morgan fingerprint density at radius 1 is 1.00 bits per heavy atom. The number of halogens is 1. The topological polar surface area (TPSA) is 57.1 Å². The largest absolute Gasteiger partial charge is 0.316 e. The molecular formula is C27H24BrN5OS. The molecule has 0 fully saturated rings. The molecule has 0 aliphatic rings. The van der Waals surface area contributed by atoms with Crippen molar-refractivity contribution >= 4 is 33.0 Å². The van der Waals surface area contributed by atoms with Crippen molar-refractivity contribution < 1.29 is 0 Å². The van der Waals surface area contributed by atoms with Crippen LogP contribution in [0.3, 0.4) is 0 Å². The number of aromatic nitrogens is 4. The van der Waals surface area contributed by atoms with Crippen LogP contribution in [0.15, 0.2) is 98.6 Å². The smallest absolute Gasteiger partial charge is 0.297 e. The van der Waals surface area contributed by atoms with Gasteiger partial charge in [-0.15, -0.1) is 11.3 Å². The Labute approximate surface area is 215 Å². The second-order valence-corrected chi connectivity index (χ2v) is 9.91. The molecule has 5 aromatic rings. The van der Waals surface area contributed by atoms with E-state index in [0.717, 1.165) is 44.0 Å². The van der Waals surface area contributed by atoms with E-state index in [1.165, 1.54) is 0 Å². The van der Waals surface area contributed by atoms with E-state index in [2.05, 4.69) is 43.0 Å². The Kier molecular flexibility index (Phi) is 6.66. The number of nitrogens with zero attached hydrogens (tertiary/aromatic N) is 5. The van der Waals surface area contributed by atoms with Gasteiger partial charge in [0.25, 0.3) is 5.56 Å². The lowest BCUT2D eigenvalue weighted by atomic mass is 10.1. The van der Waals surface area contributed by atoms with Crippen LogP contribution < -0.4 is 10.4 Å². The van der Waals surface area contributed by atoms with Crippen LogP contribution in [0.2, 0.25) is 0 Å². The minimum Gasteiger partial charge on any atom is -0.316 e. The van der Waals surface area contributed by atoms with E-state index in [0.29, 0.717) is 12.2 Å². The van der Waals surface area contributed by atoms with E-state index in [-0.39, 0.29) is 5.56 Å². The molecule has 0 atom stereocenters. The van der Waals surface area contributed by atoms with Crippen LogP contribution in [0.5, 0.6) is 0 Å². The molecule has 0 amide bonds. The van der Waals surface area contributed by atoms with Gasteiger partial charge in [-0.25, -0.2) is 9.67 Å². The normalized spacial score (nSPS) is 11.8. The molecule has 0 radical (unpaired) electrons. The summed E-state index contributed by atoms with van der Waals surface area (Å²) in [5.41, 5.74) is 5.12. The monoisotopic (exact) mass is 545 g/mol. The Hall–Kier alpha value is -3.49. The van der Waals surface area contributed by atoms with E-state index in [9.17, 15) is 4.79 Å². The predicted molar refractivity (Wildman–Crippen MR) is 144 cm³/mol. The van der Waals surface area contributed by atoms with Gasteiger partial charge in [0.05, 0.1) is 17.1 Å². The molecule has 0 saturated heterocycles. The van der Waals surface area contributed by atoms with E-state index >= 15 is 0 Å². The van der Waals surface area contributed by atoms with Crippen LogP contribution in [-0.2, 0) is 20.0 Å². The number of pyridine rings is 1. The average Bonchev–Trinajstić information content (AvgIpc) is 3.38. The van der Waals surface area contributed by atoms with Crippen LogP contribution in [0.1, 0.15) is 11.4 Å². The maximum atomic E-state index is 13.4. The van der Waals surface area contributed by atoms with Crippen molar-refractivity contribution in [2.24, 2.45) is 12.0 Å². The molecule has 5 rings (SSSR count). The summed E-state index contributed by atoms with van der Waals surface area (Å²) in [6, 6.07) is 23.8. The average molecular weight is 546 g/mol. The summed E-state index contributed by atoms with van der Waals surface area (Å²) in [6.45, 7) is 2.63. The number of hydrogen-bond acceptors (Lipinski definition) is 4. The molecule has 0 aliphatic carbocycles. The highest BCUT2D eigenvalue weighted by atomic mass is 79.9. The van der Waals surface area contributed by atoms with Crippen LogP contribution >= 0.6 is 27.3 Å². The van der Waals surface area contributed by atoms with Crippen molar-refractivity contribution in [1.29, 1.82) is 0 Å². The summed E-state index contributed by atoms with van der Waals surface area (Å²) in [4.78, 5) is 23.6. The van der Waals surface area contributed by atoms with Gasteiger partial charge >= 0.3 is 0 Å². The highest BCUT2D eigenvalue weighted by Gasteiger charge is 2.17. The summed E-state index contributed by atoms with van der Waals surface area (Å²) in [5.74, 6) is 0. The van der Waals surface area contributed by atoms with Gasteiger partial charge in [-0.2, -0.15) is 0 Å². The van der Waals surface area contributed by atoms with Crippen LogP contribution in [0.4, 0.5) is 5.69 Å². The highest BCUT2D eigenvalue weighted by molar-refractivity contribution is 9.10. The molecular weight excluding hydrogens is 522 g/mol. The zero-order chi connectivity index (χ0) is 24.4. The summed E-state index contributed by atoms with van der Waals surface area (Å²) in [5, 5.41) is 2.11. The first-order valence-electron chi connectivity index (χ1n) is 11.3. The SMILES string of the molecule is Cc1c(N=c2scc(-c3ccc(Br)cc3)n2CCc2ccccn2)c(=O)n(-c2ccccc2)n1C. The Bertz CT molecular complexity index is 1580. The predicted octanol–water partition coefficient (Wildman–Crippen LogP) is 5.65. The molecule has 2 aromatic carbocycles. The van der Waals surface area contributed by atoms with Crippen molar-refractivity contribution in [3.8, 4) is 16.9 Å². The Morgan fingerprint density at radius 3 is 2.46 bits per heavy atom. The van der Waals surface area contributed by atoms with Gasteiger partial charge in [-0.1, -0.05) is 52.3 Å². The van der Waals surface area contributed by atoms with Crippen molar-refractivity contribution in [1.82, 2.24) is 18.9 Å². The zero-order valence-electron chi connectivity index (χ0n) is 19.4. The third-order valence-corrected chi connectivity index (χ3v) is 7.38. The molecule has 35 heavy (non-hydrogen) atoms. The number of hydrogen-bond donors (Lipinski definition) is 0. The number of thiazole rings is 1. The molecule has 176 valence electrons. The van der Waals surface area contributed by atoms with Crippen molar-refractivity contribution in [2.45, 2.75) is 19.9 Å². The summed E-state index contributed by atoms with van der Waals surface area (Å²) >= 11 is 5.06. The van der Waals surface area contributed by atoms with Crippen LogP contribution in [0.25, 0.3) is 16.9 Å². The lowest BCUT2D eigenvalue weighted by Crippen LogP contribution is -2.20. The number of aryl methyl sites for hydroxylation is 1. The fraction of sp³-hybridized carbons (Fsp3) is 0.148. The van der Waals surface area contributed by atoms with Gasteiger partial charge in [0.15, 0.2) is 10.5 Å². The fourth-order valence-electron chi connectivity index (χ4n) is 4.04. The van der Waals surface area contributed by atoms with Gasteiger partial charge in [0.2, 0.25) is 0 Å². The fourth-order valence-corrected chi connectivity index (χ4v) is 5.24. The van der Waals surface area contributed by atoms with Crippen LogP contribution in [-0.4, -0.2) is 18.9 Å². The van der Waals surface area contributed by atoms with Gasteiger partial charge < -0.3 is 4.57 Å². The van der Waals surface area contributed by atoms with E-state index in [1.807, 2.05) is 85.5 Å². The molecule has 3 heterocycles. The minimum absolute atomic E-state index is 0.133. The lowest BCUT2D eigenvalue weighted by Gasteiger charge is -2.09. The molecule has 8 heteroatoms. The van der Waals surface area contributed by atoms with Crippen molar-refractivity contribution in [3.05, 3.63) is 115 Å². The molecule has 0 saturated carbocycles. The van der Waals surface area contributed by atoms with Gasteiger partial charge in [-0.3, -0.25) is 14.5 Å². The maximum Gasteiger partial charge on any atom is 0.297 e. The quantitative estimate of drug-likeness (QED) is 0.277. The number of rotatable bonds is 6. The molecule has 0 aliphatic heterocycles. The van der Waals surface area contributed by atoms with Gasteiger partial charge in [0.1, 0.15) is 0 Å². The summed E-state index contributed by atoms with van der Waals surface area (Å²) in [7, 11) is 1.89. The third kappa shape index (κ3) is 4.72. The summed E-state index contributed by atoms with van der Waals surface area (Å²) < 4.78 is 6.73. The molecule has 6 nitrogen and oxygen atoms in total. The second-order valence-electron chi connectivity index (χ2n) is 8.16. The number of benzene rings is 2. The summed E-state index contributed by atoms with van der Waals surface area (Å²) in [6.07, 6.45) is 2.57. The molecule has 0 N–H and O–H groups in total. The molecule has 3 aromatic heterocycles. The Morgan fingerprint density at radius 2 is 1.74 bits per heavy atom. The first-order valence-corrected chi connectivity index (χ1v) is 12.9. The van der Waals surface area contributed by atoms with E-state index in [4.69, 9.17) is 4.99 Å². The number of para-hydroxylation sites is 1. The highest BCUT2D eigenvalue weighted by Crippen LogP contribution is 2.24. The van der Waals surface area contributed by atoms with Gasteiger partial charge in [0, 0.05) is 41.8 Å². The van der Waals surface area contributed by atoms with Crippen molar-refractivity contribution in [2.75, 3.05) is 0 Å². The zero-order valence-corrected chi connectivity index (χ0v) is 21.8. The van der Waals surface area contributed by atoms with Gasteiger partial charge in [-0.05, 0) is 48.9 Å².